The van der Waals surface area contributed by atoms with Gasteiger partial charge in [0.15, 0.2) is 0 Å². The first-order valence-electron chi connectivity index (χ1n) is 5.17. The van der Waals surface area contributed by atoms with Gasteiger partial charge in [-0.2, -0.15) is 0 Å². The Balaban J connectivity index is 2.10. The van der Waals surface area contributed by atoms with Crippen molar-refractivity contribution in [3.8, 4) is 0 Å². The van der Waals surface area contributed by atoms with Gasteiger partial charge in [0.25, 0.3) is 0 Å². The van der Waals surface area contributed by atoms with Crippen molar-refractivity contribution in [1.29, 1.82) is 0 Å². The molecular weight excluding hydrogens is 232 g/mol. The molecule has 2 rings (SSSR count). The van der Waals surface area contributed by atoms with Gasteiger partial charge in [-0.25, -0.2) is 0 Å². The van der Waals surface area contributed by atoms with Crippen LogP contribution in [0.3, 0.4) is 0 Å². The summed E-state index contributed by atoms with van der Waals surface area (Å²) in [6.07, 6.45) is 3.21. The second-order valence-electron chi connectivity index (χ2n) is 4.25. The maximum atomic E-state index is 6.09. The second kappa shape index (κ2) is 4.76. The average Bonchev–Trinajstić information content (AvgIpc) is 2.66. The molecule has 1 aromatic heterocycles. The Kier molecular flexibility index (Phi) is 3.59. The molecule has 1 atom stereocenters. The maximum absolute atomic E-state index is 6.09. The van der Waals surface area contributed by atoms with E-state index in [1.165, 1.54) is 16.4 Å². The van der Waals surface area contributed by atoms with Gasteiger partial charge in [-0.15, -0.1) is 16.7 Å². The lowest BCUT2D eigenvalue weighted by Gasteiger charge is -2.34. The van der Waals surface area contributed by atoms with Crippen molar-refractivity contribution >= 4 is 23.1 Å². The molecule has 0 aromatic carbocycles. The summed E-state index contributed by atoms with van der Waals surface area (Å²) < 4.78 is 9.50. The summed E-state index contributed by atoms with van der Waals surface area (Å²) in [7, 11) is 0. The largest absolute Gasteiger partial charge is 0.381 e. The van der Waals surface area contributed by atoms with Gasteiger partial charge in [0, 0.05) is 22.8 Å². The highest BCUT2D eigenvalue weighted by Gasteiger charge is 2.33. The molecule has 0 radical (unpaired) electrons. The fourth-order valence-electron chi connectivity index (χ4n) is 1.96. The lowest BCUT2D eigenvalue weighted by molar-refractivity contribution is 0.00509. The predicted octanol–water partition coefficient (Wildman–Crippen LogP) is 2.42. The molecule has 84 valence electrons. The van der Waals surface area contributed by atoms with E-state index in [2.05, 4.69) is 9.59 Å². The minimum atomic E-state index is 0.110. The monoisotopic (exact) mass is 246 g/mol. The van der Waals surface area contributed by atoms with Crippen molar-refractivity contribution in [3.05, 3.63) is 10.6 Å². The standard InChI is InChI=1S/C10H15ClN2OS/c1-8-9(15-13-12-8)5-10(6-11)3-2-4-14-7-10/h2-7H2,1H3. The summed E-state index contributed by atoms with van der Waals surface area (Å²) in [6, 6.07) is 0. The van der Waals surface area contributed by atoms with Crippen LogP contribution in [0.15, 0.2) is 0 Å². The lowest BCUT2D eigenvalue weighted by Crippen LogP contribution is -2.35. The molecule has 15 heavy (non-hydrogen) atoms. The van der Waals surface area contributed by atoms with E-state index in [9.17, 15) is 0 Å². The van der Waals surface area contributed by atoms with Crippen molar-refractivity contribution in [2.24, 2.45) is 5.41 Å². The number of aromatic nitrogens is 2. The Morgan fingerprint density at radius 2 is 2.47 bits per heavy atom. The molecule has 1 unspecified atom stereocenters. The van der Waals surface area contributed by atoms with Crippen molar-refractivity contribution in [3.63, 3.8) is 0 Å². The molecule has 0 N–H and O–H groups in total. The molecule has 3 nitrogen and oxygen atoms in total. The van der Waals surface area contributed by atoms with Crippen LogP contribution in [0.5, 0.6) is 0 Å². The van der Waals surface area contributed by atoms with Crippen LogP contribution in [-0.2, 0) is 11.2 Å². The zero-order valence-corrected chi connectivity index (χ0v) is 10.4. The van der Waals surface area contributed by atoms with Gasteiger partial charge < -0.3 is 4.74 Å². The molecule has 0 bridgehead atoms. The second-order valence-corrected chi connectivity index (χ2v) is 5.35. The Morgan fingerprint density at radius 3 is 3.00 bits per heavy atom. The molecule has 0 amide bonds. The van der Waals surface area contributed by atoms with Gasteiger partial charge in [0.05, 0.1) is 12.3 Å². The number of hydrogen-bond donors (Lipinski definition) is 0. The number of ether oxygens (including phenoxy) is 1. The fourth-order valence-corrected chi connectivity index (χ4v) is 3.07. The van der Waals surface area contributed by atoms with Gasteiger partial charge in [-0.1, -0.05) is 4.49 Å². The summed E-state index contributed by atoms with van der Waals surface area (Å²) in [4.78, 5) is 1.25. The first kappa shape index (κ1) is 11.3. The normalized spacial score (nSPS) is 26.8. The summed E-state index contributed by atoms with van der Waals surface area (Å²) in [5.74, 6) is 0.657. The van der Waals surface area contributed by atoms with Crippen LogP contribution in [0.1, 0.15) is 23.4 Å². The summed E-state index contributed by atoms with van der Waals surface area (Å²) in [5, 5.41) is 4.03. The smallest absolute Gasteiger partial charge is 0.0756 e. The van der Waals surface area contributed by atoms with E-state index in [1.54, 1.807) is 0 Å². The highest BCUT2D eigenvalue weighted by atomic mass is 35.5. The number of rotatable bonds is 3. The Labute approximate surface area is 99.0 Å². The molecule has 1 aliphatic rings. The number of hydrogen-bond acceptors (Lipinski definition) is 4. The van der Waals surface area contributed by atoms with E-state index in [4.69, 9.17) is 16.3 Å². The van der Waals surface area contributed by atoms with E-state index >= 15 is 0 Å². The van der Waals surface area contributed by atoms with Crippen LogP contribution in [0.2, 0.25) is 0 Å². The zero-order chi connectivity index (χ0) is 10.7. The third kappa shape index (κ3) is 2.49. The minimum Gasteiger partial charge on any atom is -0.381 e. The van der Waals surface area contributed by atoms with Gasteiger partial charge >= 0.3 is 0 Å². The number of aryl methyl sites for hydroxylation is 1. The van der Waals surface area contributed by atoms with E-state index < -0.39 is 0 Å². The van der Waals surface area contributed by atoms with Crippen LogP contribution in [0.4, 0.5) is 0 Å². The first-order valence-corrected chi connectivity index (χ1v) is 6.48. The Hall–Kier alpha value is -0.190. The zero-order valence-electron chi connectivity index (χ0n) is 8.83. The van der Waals surface area contributed by atoms with Gasteiger partial charge in [-0.05, 0) is 37.7 Å². The third-order valence-corrected chi connectivity index (χ3v) is 4.36. The van der Waals surface area contributed by atoms with Crippen molar-refractivity contribution < 1.29 is 4.74 Å². The molecular formula is C10H15ClN2OS. The maximum Gasteiger partial charge on any atom is 0.0756 e. The molecule has 5 heteroatoms. The van der Waals surface area contributed by atoms with Crippen molar-refractivity contribution in [2.75, 3.05) is 19.1 Å². The summed E-state index contributed by atoms with van der Waals surface area (Å²) in [5.41, 5.74) is 1.15. The highest BCUT2D eigenvalue weighted by molar-refractivity contribution is 7.05. The number of alkyl halides is 1. The molecule has 1 aromatic rings. The van der Waals surface area contributed by atoms with Gasteiger partial charge in [-0.3, -0.25) is 0 Å². The first-order chi connectivity index (χ1) is 7.26. The SMILES string of the molecule is Cc1nnsc1CC1(CCl)CCCOC1. The molecule has 0 aliphatic carbocycles. The Bertz CT molecular complexity index is 323. The summed E-state index contributed by atoms with van der Waals surface area (Å²) >= 11 is 7.57. The molecule has 1 saturated heterocycles. The topological polar surface area (TPSA) is 35.0 Å². The minimum absolute atomic E-state index is 0.110. The van der Waals surface area contributed by atoms with Crippen LogP contribution in [-0.4, -0.2) is 28.7 Å². The quantitative estimate of drug-likeness (QED) is 0.769. The molecule has 2 heterocycles. The van der Waals surface area contributed by atoms with Crippen LogP contribution >= 0.6 is 23.1 Å². The van der Waals surface area contributed by atoms with Crippen LogP contribution in [0.25, 0.3) is 0 Å². The summed E-state index contributed by atoms with van der Waals surface area (Å²) in [6.45, 7) is 3.65. The van der Waals surface area contributed by atoms with Gasteiger partial charge in [0.2, 0.25) is 0 Å². The Morgan fingerprint density at radius 1 is 1.60 bits per heavy atom. The molecule has 0 saturated carbocycles. The van der Waals surface area contributed by atoms with E-state index in [0.29, 0.717) is 5.88 Å². The van der Waals surface area contributed by atoms with Crippen molar-refractivity contribution in [2.45, 2.75) is 26.2 Å². The van der Waals surface area contributed by atoms with Gasteiger partial charge in [0.1, 0.15) is 0 Å². The average molecular weight is 247 g/mol. The predicted molar refractivity (Wildman–Crippen MR) is 61.6 cm³/mol. The molecule has 0 spiro atoms. The fraction of sp³-hybridized carbons (Fsp3) is 0.800. The third-order valence-electron chi connectivity index (χ3n) is 2.97. The van der Waals surface area contributed by atoms with E-state index in [0.717, 1.165) is 38.2 Å². The molecule has 1 aliphatic heterocycles. The molecule has 1 fully saturated rings. The van der Waals surface area contributed by atoms with Crippen LogP contribution < -0.4 is 0 Å². The number of nitrogens with zero attached hydrogens (tertiary/aromatic N) is 2. The highest BCUT2D eigenvalue weighted by Crippen LogP contribution is 2.35. The lowest BCUT2D eigenvalue weighted by atomic mass is 9.80. The van der Waals surface area contributed by atoms with Crippen LogP contribution in [0, 0.1) is 12.3 Å². The van der Waals surface area contributed by atoms with Crippen molar-refractivity contribution in [1.82, 2.24) is 9.59 Å². The number of halogens is 1. The van der Waals surface area contributed by atoms with E-state index in [1.807, 2.05) is 6.92 Å². The van der Waals surface area contributed by atoms with E-state index in [-0.39, 0.29) is 5.41 Å².